The van der Waals surface area contributed by atoms with E-state index in [2.05, 4.69) is 0 Å². The number of pyridine rings is 1. The van der Waals surface area contributed by atoms with Crippen molar-refractivity contribution >= 4 is 5.88 Å². The van der Waals surface area contributed by atoms with Gasteiger partial charge in [0.1, 0.15) is 28.1 Å². The van der Waals surface area contributed by atoms with Crippen LogP contribution in [-0.2, 0) is 7.05 Å². The number of nitrogens with two attached hydrogens (primary N) is 1. The van der Waals surface area contributed by atoms with E-state index in [1.807, 2.05) is 6.07 Å². The number of nitro groups is 1. The third-order valence-corrected chi connectivity index (χ3v) is 3.93. The summed E-state index contributed by atoms with van der Waals surface area (Å²) >= 11 is 0. The second-order valence-electron chi connectivity index (χ2n) is 5.29. The summed E-state index contributed by atoms with van der Waals surface area (Å²) in [5.74, 6) is -1.34. The predicted molar refractivity (Wildman–Crippen MR) is 81.1 cm³/mol. The van der Waals surface area contributed by atoms with Crippen LogP contribution in [0.15, 0.2) is 38.9 Å². The number of nitriles is 1. The topological polar surface area (TPSA) is 137 Å². The highest BCUT2D eigenvalue weighted by atomic mass is 16.6. The lowest BCUT2D eigenvalue weighted by atomic mass is 9.88. The Bertz CT molecular complexity index is 992. The van der Waals surface area contributed by atoms with Crippen LogP contribution < -0.4 is 16.0 Å². The number of furan rings is 1. The maximum Gasteiger partial charge on any atom is 0.433 e. The molecule has 9 heteroatoms. The second kappa shape index (κ2) is 5.27. The van der Waals surface area contributed by atoms with Gasteiger partial charge in [0.15, 0.2) is 0 Å². The summed E-state index contributed by atoms with van der Waals surface area (Å²) in [6.45, 7) is 1.72. The van der Waals surface area contributed by atoms with Crippen LogP contribution in [0.4, 0.5) is 5.88 Å². The SMILES string of the molecule is Cc1cc2c(c(=O)n1C)C(c1ccc([N+](=O)[O-])o1)C(C#N)=C(N)O2. The second-order valence-corrected chi connectivity index (χ2v) is 5.29. The normalized spacial score (nSPS) is 16.3. The van der Waals surface area contributed by atoms with E-state index >= 15 is 0 Å². The molecule has 1 aliphatic rings. The molecule has 2 aromatic heterocycles. The molecule has 0 saturated carbocycles. The monoisotopic (exact) mass is 328 g/mol. The average molecular weight is 328 g/mol. The zero-order valence-electron chi connectivity index (χ0n) is 12.8. The van der Waals surface area contributed by atoms with Gasteiger partial charge in [-0.1, -0.05) is 0 Å². The first-order valence-corrected chi connectivity index (χ1v) is 6.87. The van der Waals surface area contributed by atoms with Crippen LogP contribution in [0.2, 0.25) is 0 Å². The summed E-state index contributed by atoms with van der Waals surface area (Å²) in [5, 5.41) is 20.2. The fourth-order valence-electron chi connectivity index (χ4n) is 2.62. The molecule has 0 saturated heterocycles. The molecule has 0 aromatic carbocycles. The van der Waals surface area contributed by atoms with E-state index in [4.69, 9.17) is 14.9 Å². The minimum absolute atomic E-state index is 0.0345. The van der Waals surface area contributed by atoms with Gasteiger partial charge in [0.05, 0.1) is 17.5 Å². The lowest BCUT2D eigenvalue weighted by molar-refractivity contribution is -0.402. The van der Waals surface area contributed by atoms with Gasteiger partial charge in [-0.15, -0.1) is 0 Å². The molecule has 0 bridgehead atoms. The van der Waals surface area contributed by atoms with Gasteiger partial charge >= 0.3 is 5.88 Å². The highest BCUT2D eigenvalue weighted by molar-refractivity contribution is 5.53. The Morgan fingerprint density at radius 3 is 2.75 bits per heavy atom. The number of aryl methyl sites for hydroxylation is 1. The molecule has 2 N–H and O–H groups in total. The molecule has 3 heterocycles. The van der Waals surface area contributed by atoms with Gasteiger partial charge in [0.25, 0.3) is 5.56 Å². The first-order valence-electron chi connectivity index (χ1n) is 6.87. The fraction of sp³-hybridized carbons (Fsp3) is 0.200. The number of hydrogen-bond acceptors (Lipinski definition) is 7. The molecule has 9 nitrogen and oxygen atoms in total. The summed E-state index contributed by atoms with van der Waals surface area (Å²) in [5.41, 5.74) is 6.15. The molecular formula is C15H12N4O5. The van der Waals surface area contributed by atoms with Crippen molar-refractivity contribution < 1.29 is 14.1 Å². The van der Waals surface area contributed by atoms with Crippen molar-refractivity contribution in [1.29, 1.82) is 5.26 Å². The molecule has 2 aromatic rings. The Hall–Kier alpha value is -3.54. The fourth-order valence-corrected chi connectivity index (χ4v) is 2.62. The van der Waals surface area contributed by atoms with Crippen LogP contribution in [0.5, 0.6) is 5.75 Å². The third kappa shape index (κ3) is 2.13. The smallest absolute Gasteiger partial charge is 0.433 e. The lowest BCUT2D eigenvalue weighted by Crippen LogP contribution is -2.31. The summed E-state index contributed by atoms with van der Waals surface area (Å²) < 4.78 is 12.0. The zero-order chi connectivity index (χ0) is 17.6. The Kier molecular flexibility index (Phi) is 3.38. The highest BCUT2D eigenvalue weighted by Crippen LogP contribution is 2.41. The molecule has 0 spiro atoms. The molecule has 122 valence electrons. The predicted octanol–water partition coefficient (Wildman–Crippen LogP) is 1.41. The van der Waals surface area contributed by atoms with Crippen molar-refractivity contribution in [3.63, 3.8) is 0 Å². The minimum atomic E-state index is -0.966. The summed E-state index contributed by atoms with van der Waals surface area (Å²) in [7, 11) is 1.58. The van der Waals surface area contributed by atoms with E-state index in [9.17, 15) is 20.2 Å². The Morgan fingerprint density at radius 1 is 1.46 bits per heavy atom. The Morgan fingerprint density at radius 2 is 2.17 bits per heavy atom. The summed E-state index contributed by atoms with van der Waals surface area (Å²) in [6.07, 6.45) is 0. The molecular weight excluding hydrogens is 316 g/mol. The van der Waals surface area contributed by atoms with Crippen LogP contribution in [0.1, 0.15) is 22.9 Å². The van der Waals surface area contributed by atoms with E-state index in [-0.39, 0.29) is 28.5 Å². The number of fused-ring (bicyclic) bond motifs is 1. The molecule has 24 heavy (non-hydrogen) atoms. The van der Waals surface area contributed by atoms with Gasteiger partial charge in [-0.05, 0) is 13.0 Å². The van der Waals surface area contributed by atoms with Crippen LogP contribution in [0, 0.1) is 28.4 Å². The van der Waals surface area contributed by atoms with E-state index in [0.717, 1.165) is 6.07 Å². The first-order chi connectivity index (χ1) is 11.3. The minimum Gasteiger partial charge on any atom is -0.440 e. The molecule has 0 aliphatic carbocycles. The Balaban J connectivity index is 2.31. The largest absolute Gasteiger partial charge is 0.440 e. The van der Waals surface area contributed by atoms with Gasteiger partial charge in [-0.25, -0.2) is 0 Å². The molecule has 0 fully saturated rings. The maximum absolute atomic E-state index is 12.7. The number of ether oxygens (including phenoxy) is 1. The van der Waals surface area contributed by atoms with Crippen LogP contribution >= 0.6 is 0 Å². The lowest BCUT2D eigenvalue weighted by Gasteiger charge is -2.25. The number of hydrogen-bond donors (Lipinski definition) is 1. The van der Waals surface area contributed by atoms with E-state index < -0.39 is 22.3 Å². The third-order valence-electron chi connectivity index (χ3n) is 3.93. The van der Waals surface area contributed by atoms with E-state index in [1.165, 1.54) is 10.6 Å². The van der Waals surface area contributed by atoms with Crippen molar-refractivity contribution in [3.05, 3.63) is 67.1 Å². The van der Waals surface area contributed by atoms with Gasteiger partial charge in [0, 0.05) is 18.8 Å². The highest BCUT2D eigenvalue weighted by Gasteiger charge is 2.36. The van der Waals surface area contributed by atoms with Crippen LogP contribution in [-0.4, -0.2) is 9.49 Å². The van der Waals surface area contributed by atoms with Gasteiger partial charge < -0.3 is 19.5 Å². The zero-order valence-corrected chi connectivity index (χ0v) is 12.8. The Labute approximate surface area is 135 Å². The van der Waals surface area contributed by atoms with Gasteiger partial charge in [-0.2, -0.15) is 5.26 Å². The van der Waals surface area contributed by atoms with Crippen molar-refractivity contribution in [1.82, 2.24) is 4.57 Å². The van der Waals surface area contributed by atoms with Gasteiger partial charge in [-0.3, -0.25) is 14.9 Å². The molecule has 1 atom stereocenters. The summed E-state index contributed by atoms with van der Waals surface area (Å²) in [6, 6.07) is 6.02. The van der Waals surface area contributed by atoms with Crippen molar-refractivity contribution in [2.24, 2.45) is 12.8 Å². The molecule has 0 amide bonds. The van der Waals surface area contributed by atoms with Crippen LogP contribution in [0.25, 0.3) is 0 Å². The standard InChI is InChI=1S/C15H12N4O5/c1-7-5-10-13(15(20)18(7)2)12(8(6-16)14(17)24-10)9-3-4-11(23-9)19(21)22/h3-5,12H,17H2,1-2H3. The van der Waals surface area contributed by atoms with Gasteiger partial charge in [0.2, 0.25) is 5.88 Å². The number of rotatable bonds is 2. The maximum atomic E-state index is 12.7. The van der Waals surface area contributed by atoms with Crippen LogP contribution in [0.3, 0.4) is 0 Å². The number of nitrogens with zero attached hydrogens (tertiary/aromatic N) is 3. The molecule has 3 rings (SSSR count). The number of aromatic nitrogens is 1. The van der Waals surface area contributed by atoms with Crippen molar-refractivity contribution in [3.8, 4) is 11.8 Å². The van der Waals surface area contributed by atoms with Crippen molar-refractivity contribution in [2.75, 3.05) is 0 Å². The average Bonchev–Trinajstić information content (AvgIpc) is 3.01. The van der Waals surface area contributed by atoms with E-state index in [0.29, 0.717) is 5.69 Å². The first kappa shape index (κ1) is 15.4. The summed E-state index contributed by atoms with van der Waals surface area (Å²) in [4.78, 5) is 22.8. The quantitative estimate of drug-likeness (QED) is 0.649. The molecule has 0 radical (unpaired) electrons. The van der Waals surface area contributed by atoms with E-state index in [1.54, 1.807) is 20.0 Å². The van der Waals surface area contributed by atoms with Crippen molar-refractivity contribution in [2.45, 2.75) is 12.8 Å². The molecule has 1 unspecified atom stereocenters. The molecule has 1 aliphatic heterocycles. The number of allylic oxidation sites excluding steroid dienone is 1.